The Kier molecular flexibility index (Phi) is 4.17. The van der Waals surface area contributed by atoms with Gasteiger partial charge in [-0.15, -0.1) is 10.2 Å². The van der Waals surface area contributed by atoms with E-state index in [1.165, 1.54) is 0 Å². The second kappa shape index (κ2) is 6.48. The first kappa shape index (κ1) is 16.1. The normalized spacial score (nSPS) is 20.4. The van der Waals surface area contributed by atoms with Crippen LogP contribution in [0.3, 0.4) is 0 Å². The molecular weight excluding hydrogens is 318 g/mol. The summed E-state index contributed by atoms with van der Waals surface area (Å²) in [4.78, 5) is 16.9. The predicted octanol–water partition coefficient (Wildman–Crippen LogP) is 1.38. The lowest BCUT2D eigenvalue weighted by molar-refractivity contribution is -0.134. The van der Waals surface area contributed by atoms with Gasteiger partial charge in [-0.3, -0.25) is 9.69 Å². The van der Waals surface area contributed by atoms with Crippen molar-refractivity contribution in [3.8, 4) is 5.75 Å². The average molecular weight is 341 g/mol. The first-order chi connectivity index (χ1) is 12.1. The van der Waals surface area contributed by atoms with Gasteiger partial charge in [-0.1, -0.05) is 18.2 Å². The van der Waals surface area contributed by atoms with Crippen molar-refractivity contribution in [2.24, 2.45) is 0 Å². The zero-order valence-electron chi connectivity index (χ0n) is 14.7. The lowest BCUT2D eigenvalue weighted by Gasteiger charge is -2.33. The van der Waals surface area contributed by atoms with Crippen molar-refractivity contribution in [3.05, 3.63) is 41.5 Å². The van der Waals surface area contributed by atoms with Gasteiger partial charge in [-0.2, -0.15) is 0 Å². The van der Waals surface area contributed by atoms with Gasteiger partial charge in [0.05, 0.1) is 19.1 Å². The molecule has 2 aliphatic rings. The quantitative estimate of drug-likeness (QED) is 0.826. The number of aryl methyl sites for hydroxylation is 1. The molecule has 0 saturated carbocycles. The molecule has 1 aromatic heterocycles. The minimum Gasteiger partial charge on any atom is -0.492 e. The van der Waals surface area contributed by atoms with E-state index in [4.69, 9.17) is 4.74 Å². The highest BCUT2D eigenvalue weighted by Crippen LogP contribution is 2.24. The summed E-state index contributed by atoms with van der Waals surface area (Å²) in [6.45, 7) is 7.79. The molecule has 0 saturated heterocycles. The summed E-state index contributed by atoms with van der Waals surface area (Å²) < 4.78 is 7.91. The maximum atomic E-state index is 12.8. The number of amides is 1. The van der Waals surface area contributed by atoms with Crippen LogP contribution in [-0.4, -0.2) is 56.7 Å². The summed E-state index contributed by atoms with van der Waals surface area (Å²) >= 11 is 0. The SMILES string of the molecule is Cc1nnc2n1[C@@H](C)CN(C(=O)CN1CCOc3ccccc3C1)C2. The molecule has 7 nitrogen and oxygen atoms in total. The van der Waals surface area contributed by atoms with E-state index in [-0.39, 0.29) is 11.9 Å². The van der Waals surface area contributed by atoms with E-state index in [2.05, 4.69) is 32.7 Å². The molecule has 0 spiro atoms. The van der Waals surface area contributed by atoms with Gasteiger partial charge in [0.2, 0.25) is 5.91 Å². The fourth-order valence-corrected chi connectivity index (χ4v) is 3.73. The van der Waals surface area contributed by atoms with Crippen LogP contribution >= 0.6 is 0 Å². The third-order valence-corrected chi connectivity index (χ3v) is 4.94. The van der Waals surface area contributed by atoms with Crippen LogP contribution in [0.5, 0.6) is 5.75 Å². The summed E-state index contributed by atoms with van der Waals surface area (Å²) in [5.74, 6) is 2.84. The number of ether oxygens (including phenoxy) is 1. The van der Waals surface area contributed by atoms with E-state index in [1.807, 2.05) is 30.0 Å². The van der Waals surface area contributed by atoms with Gasteiger partial charge in [0.15, 0.2) is 5.82 Å². The Hall–Kier alpha value is -2.41. The molecule has 0 unspecified atom stereocenters. The second-order valence-corrected chi connectivity index (χ2v) is 6.82. The van der Waals surface area contributed by atoms with Gasteiger partial charge >= 0.3 is 0 Å². The smallest absolute Gasteiger partial charge is 0.237 e. The minimum absolute atomic E-state index is 0.137. The molecule has 1 atom stereocenters. The molecule has 0 aliphatic carbocycles. The van der Waals surface area contributed by atoms with Crippen LogP contribution in [0.25, 0.3) is 0 Å². The van der Waals surface area contributed by atoms with Gasteiger partial charge in [0, 0.05) is 25.2 Å². The van der Waals surface area contributed by atoms with Crippen LogP contribution in [0.15, 0.2) is 24.3 Å². The third-order valence-electron chi connectivity index (χ3n) is 4.94. The number of carbonyl (C=O) groups is 1. The molecule has 0 N–H and O–H groups in total. The molecule has 132 valence electrons. The van der Waals surface area contributed by atoms with Gasteiger partial charge in [0.1, 0.15) is 18.2 Å². The lowest BCUT2D eigenvalue weighted by atomic mass is 10.2. The van der Waals surface area contributed by atoms with Crippen LogP contribution < -0.4 is 4.74 Å². The van der Waals surface area contributed by atoms with E-state index < -0.39 is 0 Å². The predicted molar refractivity (Wildman–Crippen MR) is 92.1 cm³/mol. The molecule has 0 radical (unpaired) electrons. The molecule has 0 fully saturated rings. The molecule has 0 bridgehead atoms. The van der Waals surface area contributed by atoms with E-state index in [1.54, 1.807) is 0 Å². The zero-order chi connectivity index (χ0) is 17.4. The maximum absolute atomic E-state index is 12.8. The maximum Gasteiger partial charge on any atom is 0.237 e. The Morgan fingerprint density at radius 3 is 3.00 bits per heavy atom. The van der Waals surface area contributed by atoms with E-state index in [0.717, 1.165) is 36.1 Å². The number of nitrogens with zero attached hydrogens (tertiary/aromatic N) is 5. The Balaban J connectivity index is 1.44. The summed E-state index contributed by atoms with van der Waals surface area (Å²) in [6, 6.07) is 8.24. The highest BCUT2D eigenvalue weighted by molar-refractivity contribution is 5.78. The van der Waals surface area contributed by atoms with Crippen molar-refractivity contribution in [1.82, 2.24) is 24.6 Å². The standard InChI is InChI=1S/C18H23N5O2/c1-13-9-22(11-17-20-19-14(2)23(13)17)18(24)12-21-7-8-25-16-6-4-3-5-15(16)10-21/h3-6,13H,7-12H2,1-2H3/t13-/m0/s1. The van der Waals surface area contributed by atoms with Gasteiger partial charge in [-0.05, 0) is 19.9 Å². The average Bonchev–Trinajstić information content (AvgIpc) is 2.85. The first-order valence-electron chi connectivity index (χ1n) is 8.73. The van der Waals surface area contributed by atoms with E-state index in [9.17, 15) is 4.79 Å². The molecule has 3 heterocycles. The first-order valence-corrected chi connectivity index (χ1v) is 8.73. The monoisotopic (exact) mass is 341 g/mol. The highest BCUT2D eigenvalue weighted by Gasteiger charge is 2.29. The molecule has 2 aliphatic heterocycles. The minimum atomic E-state index is 0.137. The summed E-state index contributed by atoms with van der Waals surface area (Å²) in [5.41, 5.74) is 1.13. The second-order valence-electron chi connectivity index (χ2n) is 6.82. The van der Waals surface area contributed by atoms with Crippen molar-refractivity contribution < 1.29 is 9.53 Å². The highest BCUT2D eigenvalue weighted by atomic mass is 16.5. The zero-order valence-corrected chi connectivity index (χ0v) is 14.7. The van der Waals surface area contributed by atoms with Crippen LogP contribution in [0.2, 0.25) is 0 Å². The number of hydrogen-bond acceptors (Lipinski definition) is 5. The van der Waals surface area contributed by atoms with Crippen molar-refractivity contribution in [2.75, 3.05) is 26.2 Å². The van der Waals surface area contributed by atoms with Gasteiger partial charge in [-0.25, -0.2) is 0 Å². The number of fused-ring (bicyclic) bond motifs is 2. The van der Waals surface area contributed by atoms with Crippen molar-refractivity contribution in [2.45, 2.75) is 33.0 Å². The number of benzene rings is 1. The number of carbonyl (C=O) groups excluding carboxylic acids is 1. The third kappa shape index (κ3) is 3.11. The molecule has 1 aromatic carbocycles. The summed E-state index contributed by atoms with van der Waals surface area (Å²) in [6.07, 6.45) is 0. The van der Waals surface area contributed by atoms with Crippen LogP contribution in [0.1, 0.15) is 30.2 Å². The molecule has 2 aromatic rings. The molecule has 25 heavy (non-hydrogen) atoms. The summed E-state index contributed by atoms with van der Waals surface area (Å²) in [7, 11) is 0. The largest absolute Gasteiger partial charge is 0.492 e. The Bertz CT molecular complexity index is 788. The van der Waals surface area contributed by atoms with Crippen LogP contribution in [0, 0.1) is 6.92 Å². The molecular formula is C18H23N5O2. The number of rotatable bonds is 2. The van der Waals surface area contributed by atoms with E-state index >= 15 is 0 Å². The molecule has 7 heteroatoms. The summed E-state index contributed by atoms with van der Waals surface area (Å²) in [5, 5.41) is 8.36. The fourth-order valence-electron chi connectivity index (χ4n) is 3.73. The van der Waals surface area contributed by atoms with Crippen molar-refractivity contribution in [1.29, 1.82) is 0 Å². The Morgan fingerprint density at radius 2 is 2.12 bits per heavy atom. The topological polar surface area (TPSA) is 63.5 Å². The number of aromatic nitrogens is 3. The Morgan fingerprint density at radius 1 is 1.28 bits per heavy atom. The van der Waals surface area contributed by atoms with Crippen LogP contribution in [0.4, 0.5) is 0 Å². The number of hydrogen-bond donors (Lipinski definition) is 0. The van der Waals surface area contributed by atoms with Gasteiger partial charge in [0.25, 0.3) is 0 Å². The van der Waals surface area contributed by atoms with Gasteiger partial charge < -0.3 is 14.2 Å². The molecule has 4 rings (SSSR count). The lowest BCUT2D eigenvalue weighted by Crippen LogP contribution is -2.45. The van der Waals surface area contributed by atoms with E-state index in [0.29, 0.717) is 26.2 Å². The fraction of sp³-hybridized carbons (Fsp3) is 0.500. The van der Waals surface area contributed by atoms with Crippen LogP contribution in [-0.2, 0) is 17.9 Å². The molecule has 1 amide bonds. The Labute approximate surface area is 147 Å². The van der Waals surface area contributed by atoms with Crippen molar-refractivity contribution in [3.63, 3.8) is 0 Å². The van der Waals surface area contributed by atoms with Crippen molar-refractivity contribution >= 4 is 5.91 Å². The number of para-hydroxylation sites is 1.